The average Bonchev–Trinajstić information content (AvgIpc) is 2.74. The van der Waals surface area contributed by atoms with E-state index in [2.05, 4.69) is 15.2 Å². The molecule has 0 aliphatic carbocycles. The first-order valence-corrected chi connectivity index (χ1v) is 10.7. The van der Waals surface area contributed by atoms with Crippen molar-refractivity contribution in [3.8, 4) is 0 Å². The molecule has 1 N–H and O–H groups in total. The van der Waals surface area contributed by atoms with E-state index in [0.717, 1.165) is 50.5 Å². The van der Waals surface area contributed by atoms with Crippen LogP contribution in [0, 0.1) is 5.82 Å². The van der Waals surface area contributed by atoms with Crippen LogP contribution >= 0.6 is 0 Å². The first-order valence-electron chi connectivity index (χ1n) is 10.7. The number of nitrogens with one attached hydrogen (secondary N) is 1. The first kappa shape index (κ1) is 21.8. The summed E-state index contributed by atoms with van der Waals surface area (Å²) in [6, 6.07) is 5.35. The third kappa shape index (κ3) is 6.31. The second-order valence-corrected chi connectivity index (χ2v) is 8.09. The summed E-state index contributed by atoms with van der Waals surface area (Å²) in [5.74, 6) is 0.653. The van der Waals surface area contributed by atoms with Gasteiger partial charge in [-0.25, -0.2) is 4.39 Å². The van der Waals surface area contributed by atoms with Gasteiger partial charge >= 0.3 is 0 Å². The van der Waals surface area contributed by atoms with Crippen LogP contribution in [0.15, 0.2) is 23.2 Å². The number of aliphatic imine (C=N–C) groups is 1. The van der Waals surface area contributed by atoms with Crippen molar-refractivity contribution in [2.75, 3.05) is 52.3 Å². The van der Waals surface area contributed by atoms with Crippen molar-refractivity contribution >= 4 is 11.6 Å². The molecule has 162 valence electrons. The predicted octanol–water partition coefficient (Wildman–Crippen LogP) is 3.02. The van der Waals surface area contributed by atoms with Gasteiger partial charge in [0.25, 0.3) is 0 Å². The normalized spacial score (nSPS) is 21.3. The number of ether oxygens (including phenoxy) is 2. The zero-order chi connectivity index (χ0) is 20.6. The van der Waals surface area contributed by atoms with E-state index >= 15 is 0 Å². The highest BCUT2D eigenvalue weighted by atomic mass is 19.1. The molecule has 2 heterocycles. The molecule has 3 rings (SSSR count). The van der Waals surface area contributed by atoms with Crippen molar-refractivity contribution in [1.29, 1.82) is 0 Å². The van der Waals surface area contributed by atoms with Crippen LogP contribution in [-0.4, -0.2) is 70.5 Å². The summed E-state index contributed by atoms with van der Waals surface area (Å²) in [5, 5.41) is 3.36. The van der Waals surface area contributed by atoms with Gasteiger partial charge in [0.2, 0.25) is 0 Å². The Bertz CT molecular complexity index is 669. The monoisotopic (exact) mass is 406 g/mol. The number of guanidine groups is 1. The summed E-state index contributed by atoms with van der Waals surface area (Å²) in [6.07, 6.45) is 6.08. The first-order chi connectivity index (χ1) is 14.1. The van der Waals surface area contributed by atoms with Gasteiger partial charge in [0, 0.05) is 47.4 Å². The Kier molecular flexibility index (Phi) is 8.12. The predicted molar refractivity (Wildman–Crippen MR) is 115 cm³/mol. The summed E-state index contributed by atoms with van der Waals surface area (Å²) in [6.45, 7) is 3.95. The van der Waals surface area contributed by atoms with Crippen LogP contribution in [-0.2, 0) is 16.0 Å². The lowest BCUT2D eigenvalue weighted by molar-refractivity contribution is -0.0721. The zero-order valence-corrected chi connectivity index (χ0v) is 18.0. The maximum atomic E-state index is 14.2. The molecule has 2 aliphatic heterocycles. The lowest BCUT2D eigenvalue weighted by Crippen LogP contribution is -2.47. The van der Waals surface area contributed by atoms with Gasteiger partial charge in [-0.2, -0.15) is 0 Å². The van der Waals surface area contributed by atoms with Crippen molar-refractivity contribution in [2.45, 2.75) is 50.9 Å². The SMILES string of the molecule is CN=C(NCc1ccc(N(C)C)c(F)c1)N1CCC(OCC2CCCCO2)CC1. The third-order valence-electron chi connectivity index (χ3n) is 5.69. The third-order valence-corrected chi connectivity index (χ3v) is 5.69. The molecule has 0 aromatic heterocycles. The fourth-order valence-corrected chi connectivity index (χ4v) is 3.95. The quantitative estimate of drug-likeness (QED) is 0.581. The zero-order valence-electron chi connectivity index (χ0n) is 18.0. The van der Waals surface area contributed by atoms with E-state index in [1.165, 1.54) is 12.8 Å². The maximum absolute atomic E-state index is 14.2. The minimum absolute atomic E-state index is 0.204. The van der Waals surface area contributed by atoms with Gasteiger partial charge in [-0.05, 0) is 49.8 Å². The molecule has 2 aliphatic rings. The fourth-order valence-electron chi connectivity index (χ4n) is 3.95. The highest BCUT2D eigenvalue weighted by Crippen LogP contribution is 2.19. The molecule has 0 radical (unpaired) electrons. The maximum Gasteiger partial charge on any atom is 0.193 e. The van der Waals surface area contributed by atoms with E-state index in [0.29, 0.717) is 24.9 Å². The minimum Gasteiger partial charge on any atom is -0.376 e. The summed E-state index contributed by atoms with van der Waals surface area (Å²) in [5.41, 5.74) is 1.50. The number of anilines is 1. The van der Waals surface area contributed by atoms with Crippen LogP contribution in [0.25, 0.3) is 0 Å². The number of hydrogen-bond donors (Lipinski definition) is 1. The average molecular weight is 407 g/mol. The van der Waals surface area contributed by atoms with Gasteiger partial charge in [0.15, 0.2) is 5.96 Å². The Hall–Kier alpha value is -1.86. The molecule has 1 aromatic carbocycles. The summed E-state index contributed by atoms with van der Waals surface area (Å²) >= 11 is 0. The molecular formula is C22H35FN4O2. The van der Waals surface area contributed by atoms with Crippen LogP contribution < -0.4 is 10.2 Å². The Morgan fingerprint density at radius 2 is 2.07 bits per heavy atom. The molecule has 0 amide bonds. The fraction of sp³-hybridized carbons (Fsp3) is 0.682. The number of benzene rings is 1. The molecule has 7 heteroatoms. The Balaban J connectivity index is 1.42. The van der Waals surface area contributed by atoms with E-state index in [4.69, 9.17) is 9.47 Å². The lowest BCUT2D eigenvalue weighted by Gasteiger charge is -2.35. The van der Waals surface area contributed by atoms with Gasteiger partial charge in [-0.1, -0.05) is 6.07 Å². The standard InChI is InChI=1S/C22H35FN4O2/c1-24-22(25-15-17-7-8-21(26(2)3)20(23)14-17)27-11-9-18(10-12-27)29-16-19-6-4-5-13-28-19/h7-8,14,18-19H,4-6,9-13,15-16H2,1-3H3,(H,24,25). The molecule has 1 aromatic rings. The molecule has 2 saturated heterocycles. The van der Waals surface area contributed by atoms with Crippen molar-refractivity contribution in [3.63, 3.8) is 0 Å². The van der Waals surface area contributed by atoms with Crippen LogP contribution in [0.2, 0.25) is 0 Å². The summed E-state index contributed by atoms with van der Waals surface area (Å²) in [7, 11) is 5.47. The second kappa shape index (κ2) is 10.8. The van der Waals surface area contributed by atoms with E-state index < -0.39 is 0 Å². The molecule has 2 fully saturated rings. The van der Waals surface area contributed by atoms with E-state index in [-0.39, 0.29) is 11.9 Å². The van der Waals surface area contributed by atoms with Crippen molar-refractivity contribution in [2.24, 2.45) is 4.99 Å². The Morgan fingerprint density at radius 3 is 2.69 bits per heavy atom. The number of rotatable bonds is 6. The minimum atomic E-state index is -0.204. The number of piperidine rings is 1. The molecule has 1 unspecified atom stereocenters. The van der Waals surface area contributed by atoms with E-state index in [9.17, 15) is 4.39 Å². The van der Waals surface area contributed by atoms with Crippen LogP contribution in [0.1, 0.15) is 37.7 Å². The molecule has 0 saturated carbocycles. The molecule has 6 nitrogen and oxygen atoms in total. The highest BCUT2D eigenvalue weighted by molar-refractivity contribution is 5.80. The molecule has 0 bridgehead atoms. The summed E-state index contributed by atoms with van der Waals surface area (Å²) in [4.78, 5) is 8.44. The van der Waals surface area contributed by atoms with Crippen LogP contribution in [0.4, 0.5) is 10.1 Å². The van der Waals surface area contributed by atoms with Gasteiger partial charge < -0.3 is 24.6 Å². The smallest absolute Gasteiger partial charge is 0.193 e. The van der Waals surface area contributed by atoms with Gasteiger partial charge in [-0.3, -0.25) is 4.99 Å². The van der Waals surface area contributed by atoms with Crippen LogP contribution in [0.5, 0.6) is 0 Å². The number of hydrogen-bond acceptors (Lipinski definition) is 4. The summed E-state index contributed by atoms with van der Waals surface area (Å²) < 4.78 is 26.0. The van der Waals surface area contributed by atoms with E-state index in [1.807, 2.05) is 26.2 Å². The van der Waals surface area contributed by atoms with Crippen molar-refractivity contribution in [1.82, 2.24) is 10.2 Å². The van der Waals surface area contributed by atoms with Gasteiger partial charge in [0.05, 0.1) is 24.5 Å². The van der Waals surface area contributed by atoms with Crippen molar-refractivity contribution < 1.29 is 13.9 Å². The van der Waals surface area contributed by atoms with E-state index in [1.54, 1.807) is 18.0 Å². The molecule has 29 heavy (non-hydrogen) atoms. The molecule has 0 spiro atoms. The Labute approximate surface area is 174 Å². The molecule has 1 atom stereocenters. The number of likely N-dealkylation sites (tertiary alicyclic amines) is 1. The Morgan fingerprint density at radius 1 is 1.28 bits per heavy atom. The number of halogens is 1. The second-order valence-electron chi connectivity index (χ2n) is 8.09. The largest absolute Gasteiger partial charge is 0.376 e. The van der Waals surface area contributed by atoms with Gasteiger partial charge in [0.1, 0.15) is 5.82 Å². The van der Waals surface area contributed by atoms with Crippen LogP contribution in [0.3, 0.4) is 0 Å². The highest BCUT2D eigenvalue weighted by Gasteiger charge is 2.23. The van der Waals surface area contributed by atoms with Gasteiger partial charge in [-0.15, -0.1) is 0 Å². The lowest BCUT2D eigenvalue weighted by atomic mass is 10.1. The topological polar surface area (TPSA) is 49.3 Å². The number of nitrogens with zero attached hydrogens (tertiary/aromatic N) is 3. The van der Waals surface area contributed by atoms with Crippen molar-refractivity contribution in [3.05, 3.63) is 29.6 Å². The molecular weight excluding hydrogens is 371 g/mol.